The summed E-state index contributed by atoms with van der Waals surface area (Å²) in [4.78, 5) is 42.7. The van der Waals surface area contributed by atoms with E-state index in [9.17, 15) is 14.4 Å². The first-order valence-corrected chi connectivity index (χ1v) is 15.8. The summed E-state index contributed by atoms with van der Waals surface area (Å²) in [6.07, 6.45) is 11.5. The Kier molecular flexibility index (Phi) is 9.68. The Hall–Kier alpha value is -3.17. The van der Waals surface area contributed by atoms with Crippen molar-refractivity contribution in [2.75, 3.05) is 38.0 Å². The van der Waals surface area contributed by atoms with Gasteiger partial charge in [-0.25, -0.2) is 0 Å². The van der Waals surface area contributed by atoms with Gasteiger partial charge in [-0.1, -0.05) is 18.7 Å². The van der Waals surface area contributed by atoms with Gasteiger partial charge in [0.05, 0.1) is 5.56 Å². The van der Waals surface area contributed by atoms with Crippen molar-refractivity contribution in [3.8, 4) is 0 Å². The molecule has 2 aliphatic heterocycles. The van der Waals surface area contributed by atoms with E-state index in [2.05, 4.69) is 52.3 Å². The number of amides is 3. The summed E-state index contributed by atoms with van der Waals surface area (Å²) in [7, 11) is 0. The Balaban J connectivity index is 1.11. The monoisotopic (exact) mass is 576 g/mol. The molecule has 9 nitrogen and oxygen atoms in total. The highest BCUT2D eigenvalue weighted by atomic mass is 16.2. The Morgan fingerprint density at radius 1 is 1.07 bits per heavy atom. The number of nitrogens with zero attached hydrogens (tertiary/aromatic N) is 2. The zero-order valence-electron chi connectivity index (χ0n) is 25.2. The molecular formula is C33H48N6O3. The van der Waals surface area contributed by atoms with Crippen LogP contribution < -0.4 is 21.7 Å². The molecule has 5 N–H and O–H groups in total. The smallest absolute Gasteiger partial charge is 0.251 e. The number of benzene rings is 1. The van der Waals surface area contributed by atoms with Crippen LogP contribution in [0.5, 0.6) is 0 Å². The SMILES string of the molecule is C=C(/C=C\CN1CCCC2CC(NC(=O)c3ccc(C(N)=O)c(NCC4CC4)c3)CC21)C(=O)N[C@@H]1CCN(C(C)C)C1. The van der Waals surface area contributed by atoms with E-state index >= 15 is 0 Å². The van der Waals surface area contributed by atoms with E-state index in [1.54, 1.807) is 18.2 Å². The minimum Gasteiger partial charge on any atom is -0.384 e. The average Bonchev–Trinajstić information content (AvgIpc) is 3.51. The van der Waals surface area contributed by atoms with Crippen LogP contribution in [-0.4, -0.2) is 84.4 Å². The molecule has 0 radical (unpaired) electrons. The van der Waals surface area contributed by atoms with Gasteiger partial charge in [-0.3, -0.25) is 24.2 Å². The molecule has 2 heterocycles. The maximum atomic E-state index is 13.2. The number of anilines is 1. The van der Waals surface area contributed by atoms with Gasteiger partial charge in [0.15, 0.2) is 0 Å². The summed E-state index contributed by atoms with van der Waals surface area (Å²) in [5.41, 5.74) is 7.66. The van der Waals surface area contributed by atoms with Gasteiger partial charge < -0.3 is 21.7 Å². The van der Waals surface area contributed by atoms with Crippen LogP contribution in [0.15, 0.2) is 42.5 Å². The summed E-state index contributed by atoms with van der Waals surface area (Å²) in [6.45, 7) is 12.9. The average molecular weight is 577 g/mol. The van der Waals surface area contributed by atoms with E-state index in [-0.39, 0.29) is 23.9 Å². The molecule has 9 heteroatoms. The molecule has 4 fully saturated rings. The number of primary amides is 1. The van der Waals surface area contributed by atoms with Gasteiger partial charge in [0, 0.05) is 67.2 Å². The third-order valence-electron chi connectivity index (χ3n) is 9.54. The Morgan fingerprint density at radius 3 is 2.60 bits per heavy atom. The molecule has 0 aromatic heterocycles. The summed E-state index contributed by atoms with van der Waals surface area (Å²) >= 11 is 0. The van der Waals surface area contributed by atoms with Gasteiger partial charge in [0.25, 0.3) is 17.7 Å². The molecule has 2 aliphatic carbocycles. The summed E-state index contributed by atoms with van der Waals surface area (Å²) < 4.78 is 0. The molecule has 1 aromatic carbocycles. The molecule has 0 bridgehead atoms. The van der Waals surface area contributed by atoms with Gasteiger partial charge >= 0.3 is 0 Å². The Bertz CT molecular complexity index is 1210. The van der Waals surface area contributed by atoms with Crippen LogP contribution in [0, 0.1) is 11.8 Å². The summed E-state index contributed by atoms with van der Waals surface area (Å²) in [6, 6.07) is 6.29. The fourth-order valence-electron chi connectivity index (χ4n) is 6.88. The highest BCUT2D eigenvalue weighted by Crippen LogP contribution is 2.37. The van der Waals surface area contributed by atoms with Gasteiger partial charge in [-0.15, -0.1) is 0 Å². The zero-order chi connectivity index (χ0) is 29.8. The van der Waals surface area contributed by atoms with E-state index in [4.69, 9.17) is 5.73 Å². The number of piperidine rings is 1. The first-order chi connectivity index (χ1) is 20.2. The minimum atomic E-state index is -0.495. The highest BCUT2D eigenvalue weighted by molar-refractivity contribution is 6.02. The van der Waals surface area contributed by atoms with Crippen LogP contribution >= 0.6 is 0 Å². The Labute approximate surface area is 250 Å². The third kappa shape index (κ3) is 7.61. The normalized spacial score (nSPS) is 26.4. The second kappa shape index (κ2) is 13.4. The fraction of sp³-hybridized carbons (Fsp3) is 0.606. The lowest BCUT2D eigenvalue weighted by Crippen LogP contribution is -2.43. The second-order valence-electron chi connectivity index (χ2n) is 13.0. The van der Waals surface area contributed by atoms with E-state index in [0.29, 0.717) is 46.3 Å². The van der Waals surface area contributed by atoms with Crippen LogP contribution in [0.2, 0.25) is 0 Å². The quantitative estimate of drug-likeness (QED) is 0.224. The second-order valence-corrected chi connectivity index (χ2v) is 13.0. The molecule has 3 unspecified atom stereocenters. The number of hydrogen-bond donors (Lipinski definition) is 4. The molecule has 228 valence electrons. The maximum Gasteiger partial charge on any atom is 0.251 e. The first kappa shape index (κ1) is 30.3. The van der Waals surface area contributed by atoms with Crippen LogP contribution in [0.1, 0.15) is 79.5 Å². The topological polar surface area (TPSA) is 120 Å². The van der Waals surface area contributed by atoms with Crippen molar-refractivity contribution in [2.24, 2.45) is 17.6 Å². The lowest BCUT2D eigenvalue weighted by atomic mass is 9.92. The van der Waals surface area contributed by atoms with Gasteiger partial charge in [0.2, 0.25) is 0 Å². The number of rotatable bonds is 12. The molecular weight excluding hydrogens is 528 g/mol. The number of nitrogens with one attached hydrogen (secondary N) is 3. The predicted molar refractivity (Wildman–Crippen MR) is 166 cm³/mol. The van der Waals surface area contributed by atoms with Crippen molar-refractivity contribution in [3.63, 3.8) is 0 Å². The number of carbonyl (C=O) groups excluding carboxylic acids is 3. The number of fused-ring (bicyclic) bond motifs is 1. The first-order valence-electron chi connectivity index (χ1n) is 15.8. The molecule has 0 spiro atoms. The standard InChI is InChI=1S/C33H48N6O3/c1-21(2)39-15-12-26(20-39)36-32(41)22(3)6-4-13-38-14-5-7-24-16-27(18-30(24)38)37-33(42)25-10-11-28(31(34)40)29(17-25)35-19-23-8-9-23/h4,6,10-11,17,21,23-24,26-27,30,35H,3,5,7-9,12-16,18-20H2,1-2H3,(H2,34,40)(H,36,41)(H,37,42)/b6-4-/t24?,26-,27?,30?/m1/s1. The number of nitrogens with two attached hydrogens (primary N) is 1. The van der Waals surface area contributed by atoms with Crippen LogP contribution in [0.3, 0.4) is 0 Å². The summed E-state index contributed by atoms with van der Waals surface area (Å²) in [5, 5.41) is 9.72. The molecule has 42 heavy (non-hydrogen) atoms. The van der Waals surface area contributed by atoms with Crippen molar-refractivity contribution < 1.29 is 14.4 Å². The largest absolute Gasteiger partial charge is 0.384 e. The lowest BCUT2D eigenvalue weighted by molar-refractivity contribution is -0.117. The predicted octanol–water partition coefficient (Wildman–Crippen LogP) is 3.29. The molecule has 4 aliphatic rings. The van der Waals surface area contributed by atoms with Crippen molar-refractivity contribution in [1.29, 1.82) is 0 Å². The zero-order valence-corrected chi connectivity index (χ0v) is 25.2. The molecule has 3 amide bonds. The molecule has 2 saturated carbocycles. The van der Waals surface area contributed by atoms with Crippen molar-refractivity contribution in [2.45, 2.75) is 83.0 Å². The van der Waals surface area contributed by atoms with Crippen LogP contribution in [0.25, 0.3) is 0 Å². The Morgan fingerprint density at radius 2 is 1.88 bits per heavy atom. The van der Waals surface area contributed by atoms with Crippen molar-refractivity contribution in [1.82, 2.24) is 20.4 Å². The van der Waals surface area contributed by atoms with Crippen molar-refractivity contribution in [3.05, 3.63) is 53.6 Å². The lowest BCUT2D eigenvalue weighted by Gasteiger charge is -2.36. The van der Waals surface area contributed by atoms with Crippen LogP contribution in [0.4, 0.5) is 5.69 Å². The molecule has 5 rings (SSSR count). The molecule has 1 aromatic rings. The van der Waals surface area contributed by atoms with E-state index in [1.165, 1.54) is 19.3 Å². The minimum absolute atomic E-state index is 0.0863. The molecule has 4 atom stereocenters. The van der Waals surface area contributed by atoms with Crippen molar-refractivity contribution >= 4 is 23.4 Å². The van der Waals surface area contributed by atoms with E-state index < -0.39 is 5.91 Å². The number of likely N-dealkylation sites (tertiary alicyclic amines) is 2. The van der Waals surface area contributed by atoms with E-state index in [0.717, 1.165) is 58.4 Å². The third-order valence-corrected chi connectivity index (χ3v) is 9.54. The van der Waals surface area contributed by atoms with Gasteiger partial charge in [-0.2, -0.15) is 0 Å². The highest BCUT2D eigenvalue weighted by Gasteiger charge is 2.40. The van der Waals surface area contributed by atoms with Crippen LogP contribution in [-0.2, 0) is 4.79 Å². The number of hydrogen-bond acceptors (Lipinski definition) is 6. The van der Waals surface area contributed by atoms with Gasteiger partial charge in [0.1, 0.15) is 0 Å². The van der Waals surface area contributed by atoms with Gasteiger partial charge in [-0.05, 0) is 95.4 Å². The fourth-order valence-corrected chi connectivity index (χ4v) is 6.88. The molecule has 2 saturated heterocycles. The summed E-state index contributed by atoms with van der Waals surface area (Å²) in [5.74, 6) is 0.480. The number of carbonyl (C=O) groups is 3. The van der Waals surface area contributed by atoms with E-state index in [1.807, 2.05) is 6.08 Å². The maximum absolute atomic E-state index is 13.2.